The molecule has 1 heterocycles. The monoisotopic (exact) mass is 144 g/mol. The quantitative estimate of drug-likeness (QED) is 0.589. The van der Waals surface area contributed by atoms with Gasteiger partial charge in [-0.25, -0.2) is 0 Å². The Kier molecular flexibility index (Phi) is 1.42. The van der Waals surface area contributed by atoms with E-state index in [1.54, 1.807) is 0 Å². The molecule has 1 N–H and O–H groups in total. The molecule has 0 fully saturated rings. The van der Waals surface area contributed by atoms with Crippen molar-refractivity contribution in [2.45, 2.75) is 13.3 Å². The molecule has 0 aliphatic carbocycles. The molecule has 0 saturated carbocycles. The van der Waals surface area contributed by atoms with E-state index in [1.807, 2.05) is 6.20 Å². The van der Waals surface area contributed by atoms with Crippen molar-refractivity contribution in [3.63, 3.8) is 0 Å². The first-order valence-electron chi connectivity index (χ1n) is 3.79. The van der Waals surface area contributed by atoms with E-state index in [4.69, 9.17) is 0 Å². The second kappa shape index (κ2) is 2.42. The van der Waals surface area contributed by atoms with Gasteiger partial charge in [-0.05, 0) is 30.7 Å². The van der Waals surface area contributed by atoms with Crippen molar-refractivity contribution in [3.05, 3.63) is 41.6 Å². The zero-order chi connectivity index (χ0) is 7.68. The van der Waals surface area contributed by atoms with E-state index in [0.717, 1.165) is 12.1 Å². The lowest BCUT2D eigenvalue weighted by Crippen LogP contribution is -1.99. The van der Waals surface area contributed by atoms with Crippen LogP contribution in [0.1, 0.15) is 11.1 Å². The lowest BCUT2D eigenvalue weighted by molar-refractivity contribution is 1.21. The predicted octanol–water partition coefficient (Wildman–Crippen LogP) is 2.28. The first-order chi connectivity index (χ1) is 5.36. The minimum absolute atomic E-state index is 1.03. The summed E-state index contributed by atoms with van der Waals surface area (Å²) in [6.45, 7) is 2.06. The summed E-state index contributed by atoms with van der Waals surface area (Å²) in [6, 6.07) is 7.51. The van der Waals surface area contributed by atoms with Gasteiger partial charge < -0.3 is 5.32 Å². The van der Waals surface area contributed by atoms with Crippen LogP contribution in [0.15, 0.2) is 24.4 Å². The molecular weight excluding hydrogens is 134 g/mol. The Morgan fingerprint density at radius 3 is 3.27 bits per heavy atom. The highest BCUT2D eigenvalue weighted by molar-refractivity contribution is 5.56. The van der Waals surface area contributed by atoms with Crippen LogP contribution in [0.5, 0.6) is 0 Å². The maximum atomic E-state index is 3.27. The number of benzene rings is 1. The van der Waals surface area contributed by atoms with Gasteiger partial charge in [0.1, 0.15) is 0 Å². The van der Waals surface area contributed by atoms with Gasteiger partial charge in [-0.15, -0.1) is 0 Å². The highest BCUT2D eigenvalue weighted by atomic mass is 14.8. The fourth-order valence-electron chi connectivity index (χ4n) is 1.26. The first-order valence-corrected chi connectivity index (χ1v) is 3.79. The molecule has 0 bridgehead atoms. The number of allylic oxidation sites excluding steroid dienone is 1. The second-order valence-electron chi connectivity index (χ2n) is 2.79. The predicted molar refractivity (Wildman–Crippen MR) is 46.5 cm³/mol. The van der Waals surface area contributed by atoms with Gasteiger partial charge in [-0.1, -0.05) is 18.2 Å². The summed E-state index contributed by atoms with van der Waals surface area (Å²) in [5, 5.41) is 3.17. The Bertz CT molecular complexity index is 300. The Labute approximate surface area is 66.7 Å². The normalized spacial score (nSPS) is 13.9. The van der Waals surface area contributed by atoms with Crippen LogP contribution in [0.2, 0.25) is 0 Å². The third-order valence-corrected chi connectivity index (χ3v) is 1.86. The molecule has 1 radical (unpaired) electrons. The molecule has 1 nitrogen and oxygen atoms in total. The molecular formula is C10H10N. The highest BCUT2D eigenvalue weighted by Crippen LogP contribution is 2.20. The van der Waals surface area contributed by atoms with Crippen molar-refractivity contribution in [2.24, 2.45) is 0 Å². The van der Waals surface area contributed by atoms with Crippen LogP contribution in [0.4, 0.5) is 5.69 Å². The van der Waals surface area contributed by atoms with Gasteiger partial charge in [0.15, 0.2) is 0 Å². The molecule has 11 heavy (non-hydrogen) atoms. The Morgan fingerprint density at radius 2 is 2.36 bits per heavy atom. The number of nitrogens with one attached hydrogen (secondary N) is 1. The Balaban J connectivity index is 2.48. The fraction of sp³-hybridized carbons (Fsp3) is 0.200. The van der Waals surface area contributed by atoms with E-state index in [0.29, 0.717) is 0 Å². The van der Waals surface area contributed by atoms with E-state index in [-0.39, 0.29) is 0 Å². The van der Waals surface area contributed by atoms with Gasteiger partial charge >= 0.3 is 0 Å². The summed E-state index contributed by atoms with van der Waals surface area (Å²) in [6.07, 6.45) is 5.11. The standard InChI is InChI=1S/C10H10N/c1-8-4-5-9-3-2-6-11-10(9)7-8/h2,4-6,11H,3H2,1H3. The third kappa shape index (κ3) is 1.14. The third-order valence-electron chi connectivity index (χ3n) is 1.86. The Morgan fingerprint density at radius 1 is 1.45 bits per heavy atom. The molecule has 55 valence electrons. The van der Waals surface area contributed by atoms with E-state index in [9.17, 15) is 0 Å². The van der Waals surface area contributed by atoms with Crippen LogP contribution in [0, 0.1) is 13.0 Å². The van der Waals surface area contributed by atoms with Crippen LogP contribution in [0.3, 0.4) is 0 Å². The molecule has 0 amide bonds. The molecule has 0 saturated heterocycles. The summed E-state index contributed by atoms with van der Waals surface area (Å²) in [5.74, 6) is 0. The summed E-state index contributed by atoms with van der Waals surface area (Å²) < 4.78 is 0. The second-order valence-corrected chi connectivity index (χ2v) is 2.79. The first kappa shape index (κ1) is 6.47. The number of anilines is 1. The van der Waals surface area contributed by atoms with Crippen LogP contribution in [-0.4, -0.2) is 0 Å². The molecule has 1 aromatic rings. The maximum absolute atomic E-state index is 3.27. The molecule has 1 heteroatoms. The van der Waals surface area contributed by atoms with E-state index >= 15 is 0 Å². The molecule has 2 rings (SSSR count). The molecule has 1 aromatic carbocycles. The number of rotatable bonds is 0. The van der Waals surface area contributed by atoms with Gasteiger partial charge in [0, 0.05) is 11.8 Å². The average Bonchev–Trinajstić information content (AvgIpc) is 2.04. The number of hydrogen-bond donors (Lipinski definition) is 1. The molecule has 0 atom stereocenters. The molecule has 0 spiro atoms. The van der Waals surface area contributed by atoms with Gasteiger partial charge in [0.05, 0.1) is 0 Å². The van der Waals surface area contributed by atoms with Crippen molar-refractivity contribution in [1.82, 2.24) is 0 Å². The summed E-state index contributed by atoms with van der Waals surface area (Å²) >= 11 is 0. The minimum Gasteiger partial charge on any atom is -0.361 e. The van der Waals surface area contributed by atoms with Gasteiger partial charge in [0.25, 0.3) is 0 Å². The van der Waals surface area contributed by atoms with Crippen molar-refractivity contribution in [2.75, 3.05) is 5.32 Å². The highest BCUT2D eigenvalue weighted by Gasteiger charge is 2.02. The number of hydrogen-bond acceptors (Lipinski definition) is 1. The summed E-state index contributed by atoms with van der Waals surface area (Å²) in [4.78, 5) is 0. The topological polar surface area (TPSA) is 12.0 Å². The summed E-state index contributed by atoms with van der Waals surface area (Å²) in [7, 11) is 0. The molecule has 1 aliphatic heterocycles. The van der Waals surface area contributed by atoms with E-state index in [2.05, 4.69) is 36.5 Å². The zero-order valence-electron chi connectivity index (χ0n) is 6.52. The van der Waals surface area contributed by atoms with Gasteiger partial charge in [-0.2, -0.15) is 0 Å². The summed E-state index contributed by atoms with van der Waals surface area (Å²) in [5.41, 5.74) is 3.65. The maximum Gasteiger partial charge on any atom is 0.0498 e. The molecule has 0 aromatic heterocycles. The van der Waals surface area contributed by atoms with Crippen LogP contribution < -0.4 is 5.32 Å². The van der Waals surface area contributed by atoms with Crippen molar-refractivity contribution < 1.29 is 0 Å². The average molecular weight is 144 g/mol. The fourth-order valence-corrected chi connectivity index (χ4v) is 1.26. The smallest absolute Gasteiger partial charge is 0.0498 e. The SMILES string of the molecule is Cc1[c]c2c(cc1)CC=CN2. The number of fused-ring (bicyclic) bond motifs is 1. The number of aryl methyl sites for hydroxylation is 1. The zero-order valence-corrected chi connectivity index (χ0v) is 6.52. The largest absolute Gasteiger partial charge is 0.361 e. The molecule has 0 unspecified atom stereocenters. The Hall–Kier alpha value is -1.24. The van der Waals surface area contributed by atoms with Crippen molar-refractivity contribution in [3.8, 4) is 0 Å². The van der Waals surface area contributed by atoms with E-state index < -0.39 is 0 Å². The van der Waals surface area contributed by atoms with Gasteiger partial charge in [0.2, 0.25) is 0 Å². The van der Waals surface area contributed by atoms with Crippen molar-refractivity contribution in [1.29, 1.82) is 0 Å². The van der Waals surface area contributed by atoms with Crippen molar-refractivity contribution >= 4 is 5.69 Å². The van der Waals surface area contributed by atoms with E-state index in [1.165, 1.54) is 11.1 Å². The van der Waals surface area contributed by atoms with Gasteiger partial charge in [-0.3, -0.25) is 0 Å². The molecule has 1 aliphatic rings. The lowest BCUT2D eigenvalue weighted by Gasteiger charge is -2.11. The van der Waals surface area contributed by atoms with Crippen LogP contribution >= 0.6 is 0 Å². The minimum atomic E-state index is 1.03. The lowest BCUT2D eigenvalue weighted by atomic mass is 10.1. The van der Waals surface area contributed by atoms with Crippen LogP contribution in [0.25, 0.3) is 0 Å². The van der Waals surface area contributed by atoms with Crippen LogP contribution in [-0.2, 0) is 6.42 Å².